The van der Waals surface area contributed by atoms with Gasteiger partial charge in [0.2, 0.25) is 10.0 Å². The van der Waals surface area contributed by atoms with Gasteiger partial charge in [0.05, 0.1) is 6.61 Å². The van der Waals surface area contributed by atoms with Crippen molar-refractivity contribution < 1.29 is 13.5 Å². The van der Waals surface area contributed by atoms with Gasteiger partial charge in [-0.3, -0.25) is 0 Å². The van der Waals surface area contributed by atoms with Crippen LogP contribution in [0.2, 0.25) is 0 Å². The van der Waals surface area contributed by atoms with Gasteiger partial charge in [-0.15, -0.1) is 0 Å². The van der Waals surface area contributed by atoms with Crippen molar-refractivity contribution in [2.45, 2.75) is 56.5 Å². The van der Waals surface area contributed by atoms with Crippen molar-refractivity contribution in [3.05, 3.63) is 18.0 Å². The van der Waals surface area contributed by atoms with Gasteiger partial charge in [0, 0.05) is 42.0 Å². The predicted molar refractivity (Wildman–Crippen MR) is 85.9 cm³/mol. The van der Waals surface area contributed by atoms with E-state index >= 15 is 0 Å². The maximum absolute atomic E-state index is 12.9. The number of hydrogen-bond donors (Lipinski definition) is 1. The zero-order valence-corrected chi connectivity index (χ0v) is 14.5. The van der Waals surface area contributed by atoms with Crippen molar-refractivity contribution in [1.29, 1.82) is 0 Å². The Morgan fingerprint density at radius 2 is 2.14 bits per heavy atom. The van der Waals surface area contributed by atoms with Gasteiger partial charge in [0.1, 0.15) is 4.90 Å². The Kier molecular flexibility index (Phi) is 5.40. The van der Waals surface area contributed by atoms with Crippen LogP contribution in [-0.2, 0) is 23.2 Å². The number of sulfonamides is 1. The Balaban J connectivity index is 2.35. The average Bonchev–Trinajstić information content (AvgIpc) is 2.86. The zero-order valence-electron chi connectivity index (χ0n) is 12.8. The lowest BCUT2D eigenvalue weighted by atomic mass is 10.2. The van der Waals surface area contributed by atoms with Gasteiger partial charge < -0.3 is 9.67 Å². The summed E-state index contributed by atoms with van der Waals surface area (Å²) in [5, 5.41) is 9.69. The number of hydrogen-bond acceptors (Lipinski definition) is 4. The fourth-order valence-electron chi connectivity index (χ4n) is 2.63. The Morgan fingerprint density at radius 3 is 2.76 bits per heavy atom. The normalized spacial score (nSPS) is 24.4. The fourth-order valence-corrected chi connectivity index (χ4v) is 5.69. The first-order chi connectivity index (χ1) is 9.91. The van der Waals surface area contributed by atoms with E-state index in [-0.39, 0.29) is 12.6 Å². The monoisotopic (exact) mass is 332 g/mol. The molecular weight excluding hydrogens is 308 g/mol. The molecular formula is C14H24N2O3S2. The Labute approximate surface area is 131 Å². The third kappa shape index (κ3) is 3.31. The smallest absolute Gasteiger partial charge is 0.244 e. The van der Waals surface area contributed by atoms with Crippen molar-refractivity contribution in [3.8, 4) is 0 Å². The van der Waals surface area contributed by atoms with Crippen LogP contribution in [0.15, 0.2) is 17.2 Å². The summed E-state index contributed by atoms with van der Waals surface area (Å²) in [5.74, 6) is 0.827. The summed E-state index contributed by atoms with van der Waals surface area (Å²) >= 11 is 1.81. The lowest BCUT2D eigenvalue weighted by Gasteiger charge is -2.36. The molecule has 1 fully saturated rings. The molecule has 1 saturated heterocycles. The molecule has 2 atom stereocenters. The van der Waals surface area contributed by atoms with Crippen LogP contribution >= 0.6 is 11.8 Å². The molecule has 7 heteroatoms. The Hall–Kier alpha value is -0.500. The number of rotatable bonds is 5. The first kappa shape index (κ1) is 16.9. The molecule has 0 saturated carbocycles. The second-order valence-electron chi connectivity index (χ2n) is 5.45. The summed E-state index contributed by atoms with van der Waals surface area (Å²) in [6.07, 6.45) is 2.55. The van der Waals surface area contributed by atoms with Crippen molar-refractivity contribution in [1.82, 2.24) is 8.87 Å². The molecule has 21 heavy (non-hydrogen) atoms. The van der Waals surface area contributed by atoms with Gasteiger partial charge in [-0.25, -0.2) is 8.42 Å². The highest BCUT2D eigenvalue weighted by Crippen LogP contribution is 2.30. The minimum absolute atomic E-state index is 0.0131. The molecule has 0 aliphatic carbocycles. The zero-order chi connectivity index (χ0) is 15.6. The number of aliphatic hydroxyl groups excluding tert-OH is 1. The van der Waals surface area contributed by atoms with E-state index in [1.165, 1.54) is 0 Å². The van der Waals surface area contributed by atoms with Crippen molar-refractivity contribution >= 4 is 21.8 Å². The molecule has 0 bridgehead atoms. The average molecular weight is 332 g/mol. The van der Waals surface area contributed by atoms with E-state index < -0.39 is 10.0 Å². The lowest BCUT2D eigenvalue weighted by Crippen LogP contribution is -2.47. The molecule has 5 nitrogen and oxygen atoms in total. The highest BCUT2D eigenvalue weighted by Gasteiger charge is 2.35. The summed E-state index contributed by atoms with van der Waals surface area (Å²) in [4.78, 5) is 0.297. The molecule has 1 aromatic rings. The summed E-state index contributed by atoms with van der Waals surface area (Å²) in [6.45, 7) is 7.18. The minimum atomic E-state index is -3.49. The van der Waals surface area contributed by atoms with Crippen LogP contribution in [0.5, 0.6) is 0 Å². The van der Waals surface area contributed by atoms with E-state index in [0.717, 1.165) is 12.2 Å². The largest absolute Gasteiger partial charge is 0.390 e. The molecule has 2 rings (SSSR count). The van der Waals surface area contributed by atoms with Crippen molar-refractivity contribution in [2.24, 2.45) is 0 Å². The molecule has 0 spiro atoms. The summed E-state index contributed by atoms with van der Waals surface area (Å²) < 4.78 is 29.1. The maximum atomic E-state index is 12.9. The number of aryl methyl sites for hydroxylation is 1. The first-order valence-corrected chi connectivity index (χ1v) is 9.84. The lowest BCUT2D eigenvalue weighted by molar-refractivity contribution is 0.270. The number of nitrogens with zero attached hydrogens (tertiary/aromatic N) is 2. The summed E-state index contributed by atoms with van der Waals surface area (Å²) in [7, 11) is -3.49. The Morgan fingerprint density at radius 1 is 1.43 bits per heavy atom. The predicted octanol–water partition coefficient (Wildman–Crippen LogP) is 1.90. The second kappa shape index (κ2) is 6.73. The van der Waals surface area contributed by atoms with Crippen molar-refractivity contribution in [2.75, 3.05) is 12.3 Å². The molecule has 2 heterocycles. The number of aliphatic hydroxyl groups is 1. The number of thioether (sulfide) groups is 1. The van der Waals surface area contributed by atoms with Crippen LogP contribution in [0, 0.1) is 0 Å². The van der Waals surface area contributed by atoms with E-state index in [0.29, 0.717) is 28.9 Å². The molecule has 2 unspecified atom stereocenters. The van der Waals surface area contributed by atoms with Gasteiger partial charge in [-0.05, 0) is 19.4 Å². The van der Waals surface area contributed by atoms with Gasteiger partial charge in [-0.2, -0.15) is 16.1 Å². The third-order valence-electron chi connectivity index (χ3n) is 4.02. The molecule has 1 N–H and O–H groups in total. The van der Waals surface area contributed by atoms with Crippen LogP contribution < -0.4 is 0 Å². The third-order valence-corrected chi connectivity index (χ3v) is 7.31. The van der Waals surface area contributed by atoms with Gasteiger partial charge in [-0.1, -0.05) is 13.8 Å². The van der Waals surface area contributed by atoms with E-state index in [2.05, 4.69) is 6.92 Å². The van der Waals surface area contributed by atoms with E-state index in [1.807, 2.05) is 30.2 Å². The molecule has 1 aliphatic rings. The fraction of sp³-hybridized carbons (Fsp3) is 0.714. The maximum Gasteiger partial charge on any atom is 0.244 e. The van der Waals surface area contributed by atoms with Crippen LogP contribution in [0.4, 0.5) is 0 Å². The Bertz CT molecular complexity index is 583. The minimum Gasteiger partial charge on any atom is -0.390 e. The molecule has 0 aromatic carbocycles. The summed E-state index contributed by atoms with van der Waals surface area (Å²) in [5.41, 5.74) is 0.655. The number of aromatic nitrogens is 1. The quantitative estimate of drug-likeness (QED) is 0.894. The summed E-state index contributed by atoms with van der Waals surface area (Å²) in [6, 6.07) is 1.59. The highest BCUT2D eigenvalue weighted by molar-refractivity contribution is 8.00. The SMILES string of the molecule is CCCn1cc(S(=O)(=O)N2CCSC(C)C2C)cc1CO. The highest BCUT2D eigenvalue weighted by atomic mass is 32.2. The standard InChI is InChI=1S/C14H24N2O3S2/c1-4-5-15-9-14(8-13(15)10-17)21(18,19)16-6-7-20-12(3)11(16)2/h8-9,11-12,17H,4-7,10H2,1-3H3. The molecule has 0 radical (unpaired) electrons. The van der Waals surface area contributed by atoms with Crippen LogP contribution in [0.1, 0.15) is 32.9 Å². The second-order valence-corrected chi connectivity index (χ2v) is 8.83. The van der Waals surface area contributed by atoms with Crippen LogP contribution in [0.3, 0.4) is 0 Å². The van der Waals surface area contributed by atoms with Crippen LogP contribution in [-0.4, -0.2) is 46.0 Å². The molecule has 1 aromatic heterocycles. The van der Waals surface area contributed by atoms with Gasteiger partial charge in [0.15, 0.2) is 0 Å². The van der Waals surface area contributed by atoms with Crippen LogP contribution in [0.25, 0.3) is 0 Å². The van der Waals surface area contributed by atoms with Gasteiger partial charge in [0.25, 0.3) is 0 Å². The molecule has 1 aliphatic heterocycles. The molecule has 120 valence electrons. The topological polar surface area (TPSA) is 62.5 Å². The molecule has 0 amide bonds. The van der Waals surface area contributed by atoms with Crippen molar-refractivity contribution in [3.63, 3.8) is 0 Å². The van der Waals surface area contributed by atoms with Gasteiger partial charge >= 0.3 is 0 Å². The van der Waals surface area contributed by atoms with E-state index in [4.69, 9.17) is 0 Å². The van der Waals surface area contributed by atoms with E-state index in [1.54, 1.807) is 16.6 Å². The first-order valence-electron chi connectivity index (χ1n) is 7.35. The van der Waals surface area contributed by atoms with E-state index in [9.17, 15) is 13.5 Å².